The molecule has 0 aliphatic rings. The highest BCUT2D eigenvalue weighted by atomic mass is 28.2. The van der Waals surface area contributed by atoms with Crippen molar-refractivity contribution in [2.24, 2.45) is 0 Å². The third-order valence-electron chi connectivity index (χ3n) is 3.13. The summed E-state index contributed by atoms with van der Waals surface area (Å²) in [5.41, 5.74) is 1.57. The minimum Gasteiger partial charge on any atom is -0.478 e. The summed E-state index contributed by atoms with van der Waals surface area (Å²) in [6, 6.07) is 9.60. The van der Waals surface area contributed by atoms with E-state index in [1.165, 1.54) is 17.7 Å². The number of hydrogen-bond donors (Lipinski definition) is 1. The van der Waals surface area contributed by atoms with Crippen LogP contribution in [-0.2, 0) is 15.9 Å². The van der Waals surface area contributed by atoms with E-state index < -0.39 is 5.97 Å². The normalized spacial score (nSPS) is 11.5. The number of carboxylic acid groups (broad SMARTS) is 1. The fourth-order valence-corrected chi connectivity index (χ4v) is 3.60. The average molecular weight is 282 g/mol. The fraction of sp³-hybridized carbons (Fsp3) is 0.500. The van der Waals surface area contributed by atoms with E-state index >= 15 is 0 Å². The summed E-state index contributed by atoms with van der Waals surface area (Å²) >= 11 is 0. The Morgan fingerprint density at radius 2 is 1.84 bits per heavy atom. The van der Waals surface area contributed by atoms with Crippen LogP contribution < -0.4 is 0 Å². The number of rotatable bonds is 9. The first-order valence-corrected chi connectivity index (χ1v) is 8.55. The third kappa shape index (κ3) is 6.00. The van der Waals surface area contributed by atoms with Crippen LogP contribution in [0.15, 0.2) is 24.3 Å². The Kier molecular flexibility index (Phi) is 7.40. The SMILES string of the molecule is COC(CC[SiH2]CCc1ccc(C(=O)O)cc1)OC. The van der Waals surface area contributed by atoms with Crippen LogP contribution >= 0.6 is 0 Å². The van der Waals surface area contributed by atoms with Gasteiger partial charge in [-0.05, 0) is 30.5 Å². The summed E-state index contributed by atoms with van der Waals surface area (Å²) < 4.78 is 10.3. The van der Waals surface area contributed by atoms with Crippen molar-refractivity contribution in [2.45, 2.75) is 31.2 Å². The van der Waals surface area contributed by atoms with Crippen LogP contribution in [0.5, 0.6) is 0 Å². The molecule has 0 aliphatic carbocycles. The van der Waals surface area contributed by atoms with Gasteiger partial charge in [0.15, 0.2) is 6.29 Å². The van der Waals surface area contributed by atoms with Crippen molar-refractivity contribution in [2.75, 3.05) is 14.2 Å². The first-order chi connectivity index (χ1) is 9.17. The molecule has 0 fully saturated rings. The highest BCUT2D eigenvalue weighted by Gasteiger charge is 2.05. The van der Waals surface area contributed by atoms with Gasteiger partial charge in [-0.15, -0.1) is 0 Å². The van der Waals surface area contributed by atoms with Gasteiger partial charge >= 0.3 is 5.97 Å². The van der Waals surface area contributed by atoms with E-state index in [1.807, 2.05) is 12.1 Å². The zero-order valence-corrected chi connectivity index (χ0v) is 13.0. The van der Waals surface area contributed by atoms with Gasteiger partial charge in [-0.2, -0.15) is 0 Å². The van der Waals surface area contributed by atoms with Gasteiger partial charge in [0.2, 0.25) is 0 Å². The van der Waals surface area contributed by atoms with Crippen molar-refractivity contribution >= 4 is 15.5 Å². The molecule has 0 bridgehead atoms. The lowest BCUT2D eigenvalue weighted by molar-refractivity contribution is -0.103. The fourth-order valence-electron chi connectivity index (χ4n) is 1.96. The second-order valence-electron chi connectivity index (χ2n) is 4.50. The molecule has 0 spiro atoms. The minimum atomic E-state index is -0.869. The quantitative estimate of drug-likeness (QED) is 0.427. The summed E-state index contributed by atoms with van der Waals surface area (Å²) in [7, 11) is 3.24. The molecule has 106 valence electrons. The Labute approximate surface area is 116 Å². The molecule has 0 saturated heterocycles. The Morgan fingerprint density at radius 1 is 1.21 bits per heavy atom. The van der Waals surface area contributed by atoms with E-state index in [9.17, 15) is 4.79 Å². The number of carboxylic acids is 1. The molecule has 1 aromatic rings. The van der Waals surface area contributed by atoms with Crippen molar-refractivity contribution in [1.82, 2.24) is 0 Å². The van der Waals surface area contributed by atoms with Crippen molar-refractivity contribution in [1.29, 1.82) is 0 Å². The maximum Gasteiger partial charge on any atom is 0.335 e. The van der Waals surface area contributed by atoms with Gasteiger partial charge in [-0.1, -0.05) is 24.2 Å². The summed E-state index contributed by atoms with van der Waals surface area (Å²) in [6.45, 7) is 0. The summed E-state index contributed by atoms with van der Waals surface area (Å²) in [6.07, 6.45) is 1.94. The van der Waals surface area contributed by atoms with Crippen molar-refractivity contribution in [3.05, 3.63) is 35.4 Å². The van der Waals surface area contributed by atoms with Gasteiger partial charge in [0.05, 0.1) is 5.56 Å². The van der Waals surface area contributed by atoms with Crippen LogP contribution in [0.3, 0.4) is 0 Å². The number of aryl methyl sites for hydroxylation is 1. The summed E-state index contributed by atoms with van der Waals surface area (Å²) in [5.74, 6) is -0.869. The lowest BCUT2D eigenvalue weighted by Gasteiger charge is -2.12. The Morgan fingerprint density at radius 3 is 2.37 bits per heavy atom. The monoisotopic (exact) mass is 282 g/mol. The molecule has 1 rings (SSSR count). The molecule has 0 heterocycles. The Balaban J connectivity index is 2.20. The lowest BCUT2D eigenvalue weighted by atomic mass is 10.1. The largest absolute Gasteiger partial charge is 0.478 e. The molecule has 0 saturated carbocycles. The lowest BCUT2D eigenvalue weighted by Crippen LogP contribution is -2.13. The zero-order chi connectivity index (χ0) is 14.1. The van der Waals surface area contributed by atoms with Crippen molar-refractivity contribution < 1.29 is 19.4 Å². The maximum absolute atomic E-state index is 10.7. The van der Waals surface area contributed by atoms with Gasteiger partial charge in [0.1, 0.15) is 0 Å². The molecule has 0 unspecified atom stereocenters. The number of methoxy groups -OCH3 is 2. The zero-order valence-electron chi connectivity index (χ0n) is 11.6. The van der Waals surface area contributed by atoms with Gasteiger partial charge in [0.25, 0.3) is 0 Å². The van der Waals surface area contributed by atoms with E-state index in [2.05, 4.69) is 0 Å². The van der Waals surface area contributed by atoms with Gasteiger partial charge in [-0.3, -0.25) is 0 Å². The maximum atomic E-state index is 10.7. The van der Waals surface area contributed by atoms with Gasteiger partial charge in [-0.25, -0.2) is 4.79 Å². The second kappa shape index (κ2) is 8.85. The molecular formula is C14H22O4Si. The van der Waals surface area contributed by atoms with Crippen LogP contribution in [0.1, 0.15) is 22.3 Å². The molecule has 1 N–H and O–H groups in total. The molecule has 0 radical (unpaired) electrons. The smallest absolute Gasteiger partial charge is 0.335 e. The van der Waals surface area contributed by atoms with Gasteiger partial charge < -0.3 is 14.6 Å². The van der Waals surface area contributed by atoms with Gasteiger partial charge in [0, 0.05) is 23.7 Å². The molecule has 0 amide bonds. The molecule has 4 nitrogen and oxygen atoms in total. The predicted octanol–water partition coefficient (Wildman–Crippen LogP) is 1.94. The van der Waals surface area contributed by atoms with E-state index in [1.54, 1.807) is 26.4 Å². The Bertz CT molecular complexity index is 374. The average Bonchev–Trinajstić information content (AvgIpc) is 2.43. The Hall–Kier alpha value is -1.17. The molecule has 1 aromatic carbocycles. The number of ether oxygens (including phenoxy) is 2. The van der Waals surface area contributed by atoms with E-state index in [0.29, 0.717) is 5.56 Å². The number of aromatic carboxylic acids is 1. The standard InChI is InChI=1S/C14H22O4Si/c1-17-13(18-2)8-10-19-9-7-11-3-5-12(6-4-11)14(15)16/h3-6,13H,7-10,19H2,1-2H3,(H,15,16). The number of carbonyl (C=O) groups is 1. The van der Waals surface area contributed by atoms with E-state index in [-0.39, 0.29) is 15.8 Å². The van der Waals surface area contributed by atoms with Crippen LogP contribution in [-0.4, -0.2) is 41.1 Å². The molecule has 0 atom stereocenters. The number of benzene rings is 1. The molecule has 19 heavy (non-hydrogen) atoms. The topological polar surface area (TPSA) is 55.8 Å². The summed E-state index contributed by atoms with van der Waals surface area (Å²) in [4.78, 5) is 10.7. The highest BCUT2D eigenvalue weighted by molar-refractivity contribution is 6.35. The number of hydrogen-bond acceptors (Lipinski definition) is 3. The van der Waals surface area contributed by atoms with Crippen molar-refractivity contribution in [3.8, 4) is 0 Å². The molecule has 0 aromatic heterocycles. The minimum absolute atomic E-state index is 0.0673. The molecule has 5 heteroatoms. The highest BCUT2D eigenvalue weighted by Crippen LogP contribution is 2.09. The third-order valence-corrected chi connectivity index (χ3v) is 4.89. The summed E-state index contributed by atoms with van der Waals surface area (Å²) in [5, 5.41) is 8.80. The molecular weight excluding hydrogens is 260 g/mol. The van der Waals surface area contributed by atoms with E-state index in [4.69, 9.17) is 14.6 Å². The predicted molar refractivity (Wildman–Crippen MR) is 77.7 cm³/mol. The van der Waals surface area contributed by atoms with Crippen LogP contribution in [0.2, 0.25) is 12.1 Å². The first-order valence-electron chi connectivity index (χ1n) is 6.55. The van der Waals surface area contributed by atoms with Crippen molar-refractivity contribution in [3.63, 3.8) is 0 Å². The van der Waals surface area contributed by atoms with Crippen LogP contribution in [0.4, 0.5) is 0 Å². The van der Waals surface area contributed by atoms with E-state index in [0.717, 1.165) is 12.8 Å². The van der Waals surface area contributed by atoms with Crippen LogP contribution in [0.25, 0.3) is 0 Å². The second-order valence-corrected chi connectivity index (χ2v) is 6.62. The first kappa shape index (κ1) is 15.9. The van der Waals surface area contributed by atoms with Crippen LogP contribution in [0, 0.1) is 0 Å². The molecule has 0 aliphatic heterocycles.